The minimum Gasteiger partial charge on any atom is -0.429 e. The van der Waals surface area contributed by atoms with Gasteiger partial charge in [-0.25, -0.2) is 0 Å². The van der Waals surface area contributed by atoms with Crippen molar-refractivity contribution >= 4 is 34.9 Å². The molecule has 0 saturated heterocycles. The monoisotopic (exact) mass is 199 g/mol. The molecule has 2 rings (SSSR count). The Balaban J connectivity index is 2.91. The number of para-hydroxylation sites is 2. The molecule has 0 aliphatic heterocycles. The van der Waals surface area contributed by atoms with Gasteiger partial charge in [-0.15, -0.1) is 11.6 Å². The Hall–Kier alpha value is -0.800. The third-order valence-electron chi connectivity index (χ3n) is 1.69. The molecule has 4 heteroatoms. The molecule has 0 atom stereocenters. The zero-order valence-electron chi connectivity index (χ0n) is 6.16. The number of nitrogens with zero attached hydrogens (tertiary/aromatic N) is 1. The first-order chi connectivity index (χ1) is 5.83. The lowest BCUT2D eigenvalue weighted by molar-refractivity contribution is 0.556. The van der Waals surface area contributed by atoms with Gasteiger partial charge in [0.25, 0.3) is 4.84 Å². The lowest BCUT2D eigenvalue weighted by atomic mass is 10.3. The van der Waals surface area contributed by atoms with Gasteiger partial charge in [0.05, 0.1) is 5.52 Å². The third-order valence-corrected chi connectivity index (χ3v) is 2.24. The van der Waals surface area contributed by atoms with Crippen molar-refractivity contribution < 1.29 is 4.42 Å². The van der Waals surface area contributed by atoms with Crippen molar-refractivity contribution in [3.8, 4) is 0 Å². The number of rotatable bonds is 1. The van der Waals surface area contributed by atoms with Crippen LogP contribution in [0.3, 0.4) is 0 Å². The molecule has 0 aliphatic rings. The maximum absolute atomic E-state index is 5.69. The van der Waals surface area contributed by atoms with E-state index in [1.807, 2.05) is 24.3 Å². The van der Waals surface area contributed by atoms with Crippen LogP contribution in [-0.4, -0.2) is 4.57 Å². The second-order valence-corrected chi connectivity index (χ2v) is 2.97. The van der Waals surface area contributed by atoms with Crippen LogP contribution in [0.2, 0.25) is 0 Å². The molecule has 1 heterocycles. The highest BCUT2D eigenvalue weighted by atomic mass is 35.5. The van der Waals surface area contributed by atoms with Gasteiger partial charge in [0.15, 0.2) is 5.58 Å². The van der Waals surface area contributed by atoms with E-state index in [4.69, 9.17) is 28.2 Å². The Morgan fingerprint density at radius 3 is 2.92 bits per heavy atom. The molecule has 62 valence electrons. The minimum atomic E-state index is 0.329. The zero-order valence-corrected chi connectivity index (χ0v) is 7.73. The van der Waals surface area contributed by atoms with Crippen LogP contribution in [0.1, 0.15) is 0 Å². The SMILES string of the molecule is S=c1oc2ccccc2n1CCl. The van der Waals surface area contributed by atoms with Crippen LogP contribution in [0.15, 0.2) is 28.7 Å². The maximum Gasteiger partial charge on any atom is 0.270 e. The van der Waals surface area contributed by atoms with Crippen LogP contribution in [0.5, 0.6) is 0 Å². The van der Waals surface area contributed by atoms with Crippen LogP contribution >= 0.6 is 23.8 Å². The van der Waals surface area contributed by atoms with E-state index in [0.717, 1.165) is 11.1 Å². The Kier molecular flexibility index (Phi) is 1.90. The number of benzene rings is 1. The molecule has 0 saturated carbocycles. The first kappa shape index (κ1) is 7.83. The normalized spacial score (nSPS) is 10.8. The number of halogens is 1. The summed E-state index contributed by atoms with van der Waals surface area (Å²) >= 11 is 10.7. The molecule has 2 aromatic rings. The van der Waals surface area contributed by atoms with E-state index < -0.39 is 0 Å². The standard InChI is InChI=1S/C8H6ClNOS/c9-5-10-6-3-1-2-4-7(6)11-8(10)12/h1-4H,5H2. The topological polar surface area (TPSA) is 18.1 Å². The summed E-state index contributed by atoms with van der Waals surface area (Å²) in [5.41, 5.74) is 1.72. The van der Waals surface area contributed by atoms with Gasteiger partial charge in [0.2, 0.25) is 0 Å². The largest absolute Gasteiger partial charge is 0.429 e. The zero-order chi connectivity index (χ0) is 8.55. The summed E-state index contributed by atoms with van der Waals surface area (Å²) < 4.78 is 7.03. The van der Waals surface area contributed by atoms with E-state index in [-0.39, 0.29) is 0 Å². The number of oxazole rings is 1. The van der Waals surface area contributed by atoms with Crippen LogP contribution in [0.25, 0.3) is 11.1 Å². The first-order valence-corrected chi connectivity index (χ1v) is 4.41. The van der Waals surface area contributed by atoms with Crippen molar-refractivity contribution in [1.29, 1.82) is 0 Å². The number of hydrogen-bond acceptors (Lipinski definition) is 2. The Morgan fingerprint density at radius 2 is 2.17 bits per heavy atom. The van der Waals surface area contributed by atoms with Gasteiger partial charge in [0, 0.05) is 0 Å². The molecule has 0 bridgehead atoms. The van der Waals surface area contributed by atoms with Gasteiger partial charge in [-0.2, -0.15) is 0 Å². The molecule has 0 N–H and O–H groups in total. The Morgan fingerprint density at radius 1 is 1.42 bits per heavy atom. The smallest absolute Gasteiger partial charge is 0.270 e. The predicted molar refractivity (Wildman–Crippen MR) is 50.9 cm³/mol. The average Bonchev–Trinajstić information content (AvgIpc) is 2.40. The molecule has 0 amide bonds. The number of aromatic nitrogens is 1. The van der Waals surface area contributed by atoms with Crippen molar-refractivity contribution in [2.45, 2.75) is 6.00 Å². The van der Waals surface area contributed by atoms with Crippen LogP contribution in [0.4, 0.5) is 0 Å². The molecule has 0 spiro atoms. The summed E-state index contributed by atoms with van der Waals surface area (Å²) in [7, 11) is 0. The summed E-state index contributed by atoms with van der Waals surface area (Å²) in [5.74, 6) is 0. The van der Waals surface area contributed by atoms with E-state index in [1.54, 1.807) is 4.57 Å². The van der Waals surface area contributed by atoms with E-state index in [2.05, 4.69) is 0 Å². The van der Waals surface area contributed by atoms with E-state index in [9.17, 15) is 0 Å². The van der Waals surface area contributed by atoms with Crippen molar-refractivity contribution in [2.75, 3.05) is 0 Å². The highest BCUT2D eigenvalue weighted by Gasteiger charge is 2.02. The minimum absolute atomic E-state index is 0.329. The molecular weight excluding hydrogens is 194 g/mol. The van der Waals surface area contributed by atoms with Crippen molar-refractivity contribution in [2.24, 2.45) is 0 Å². The molecule has 12 heavy (non-hydrogen) atoms. The van der Waals surface area contributed by atoms with E-state index >= 15 is 0 Å². The van der Waals surface area contributed by atoms with Crippen LogP contribution in [-0.2, 0) is 6.00 Å². The van der Waals surface area contributed by atoms with Gasteiger partial charge in [0.1, 0.15) is 6.00 Å². The second kappa shape index (κ2) is 2.92. The van der Waals surface area contributed by atoms with Crippen molar-refractivity contribution in [3.05, 3.63) is 29.1 Å². The van der Waals surface area contributed by atoms with Gasteiger partial charge in [-0.3, -0.25) is 4.57 Å². The van der Waals surface area contributed by atoms with Gasteiger partial charge < -0.3 is 4.42 Å². The fourth-order valence-corrected chi connectivity index (χ4v) is 1.69. The van der Waals surface area contributed by atoms with E-state index in [0.29, 0.717) is 10.8 Å². The molecule has 0 fully saturated rings. The van der Waals surface area contributed by atoms with Crippen molar-refractivity contribution in [3.63, 3.8) is 0 Å². The van der Waals surface area contributed by atoms with Crippen LogP contribution < -0.4 is 0 Å². The van der Waals surface area contributed by atoms with Gasteiger partial charge in [-0.1, -0.05) is 12.1 Å². The van der Waals surface area contributed by atoms with Crippen molar-refractivity contribution in [1.82, 2.24) is 4.57 Å². The van der Waals surface area contributed by atoms with Gasteiger partial charge in [-0.05, 0) is 24.4 Å². The summed E-state index contributed by atoms with van der Waals surface area (Å²) in [4.78, 5) is 0.422. The number of hydrogen-bond donors (Lipinski definition) is 0. The highest BCUT2D eigenvalue weighted by molar-refractivity contribution is 7.71. The molecule has 1 aromatic carbocycles. The average molecular weight is 200 g/mol. The van der Waals surface area contributed by atoms with E-state index in [1.165, 1.54) is 0 Å². The molecule has 1 aromatic heterocycles. The molecule has 0 radical (unpaired) electrons. The third kappa shape index (κ3) is 1.06. The number of alkyl halides is 1. The Bertz CT molecular complexity index is 459. The summed E-state index contributed by atoms with van der Waals surface area (Å²) in [6.45, 7) is 0. The molecule has 0 aliphatic carbocycles. The first-order valence-electron chi connectivity index (χ1n) is 3.47. The molecular formula is C8H6ClNOS. The summed E-state index contributed by atoms with van der Waals surface area (Å²) in [6.07, 6.45) is 0. The van der Waals surface area contributed by atoms with Crippen LogP contribution in [0, 0.1) is 4.84 Å². The lowest BCUT2D eigenvalue weighted by Crippen LogP contribution is -1.89. The fourth-order valence-electron chi connectivity index (χ4n) is 1.13. The molecule has 2 nitrogen and oxygen atoms in total. The Labute approximate surface area is 79.4 Å². The second-order valence-electron chi connectivity index (χ2n) is 2.38. The quantitative estimate of drug-likeness (QED) is 0.519. The highest BCUT2D eigenvalue weighted by Crippen LogP contribution is 2.16. The summed E-state index contributed by atoms with van der Waals surface area (Å²) in [5, 5.41) is 0. The lowest BCUT2D eigenvalue weighted by Gasteiger charge is -1.93. The summed E-state index contributed by atoms with van der Waals surface area (Å²) in [6, 6.07) is 7.95. The molecule has 0 unspecified atom stereocenters. The predicted octanol–water partition coefficient (Wildman–Crippen LogP) is 3.16. The number of fused-ring (bicyclic) bond motifs is 1. The van der Waals surface area contributed by atoms with Gasteiger partial charge >= 0.3 is 0 Å². The fraction of sp³-hybridized carbons (Fsp3) is 0.125. The maximum atomic E-state index is 5.69.